The van der Waals surface area contributed by atoms with E-state index in [-0.39, 0.29) is 0 Å². The van der Waals surface area contributed by atoms with E-state index in [1.54, 1.807) is 0 Å². The van der Waals surface area contributed by atoms with Crippen LogP contribution in [0.25, 0.3) is 0 Å². The number of hydrogen-bond donors (Lipinski definition) is 1. The molecule has 16 heavy (non-hydrogen) atoms. The molecular weight excluding hydrogens is 198 g/mol. The number of rotatable bonds is 4. The maximum atomic E-state index is 5.64. The molecule has 1 N–H and O–H groups in total. The van der Waals surface area contributed by atoms with Gasteiger partial charge in [0.1, 0.15) is 0 Å². The zero-order valence-electron chi connectivity index (χ0n) is 11.5. The summed E-state index contributed by atoms with van der Waals surface area (Å²) < 4.78 is 0. The van der Waals surface area contributed by atoms with Crippen LogP contribution in [0.4, 0.5) is 0 Å². The van der Waals surface area contributed by atoms with Gasteiger partial charge in [-0.1, -0.05) is 34.6 Å². The highest BCUT2D eigenvalue weighted by molar-refractivity contribution is 5.12. The van der Waals surface area contributed by atoms with Crippen molar-refractivity contribution in [3.05, 3.63) is 0 Å². The average Bonchev–Trinajstić information content (AvgIpc) is 2.49. The lowest BCUT2D eigenvalue weighted by Gasteiger charge is -2.39. The number of hydroxylamine groups is 1. The average molecular weight is 225 g/mol. The third-order valence-electron chi connectivity index (χ3n) is 5.44. The summed E-state index contributed by atoms with van der Waals surface area (Å²) in [5.74, 6) is 1.49. The molecule has 0 amide bonds. The second-order valence-corrected chi connectivity index (χ2v) is 6.99. The molecule has 2 aliphatic rings. The van der Waals surface area contributed by atoms with E-state index >= 15 is 0 Å². The van der Waals surface area contributed by atoms with Crippen LogP contribution in [0, 0.1) is 22.7 Å². The van der Waals surface area contributed by atoms with Crippen LogP contribution in [0.5, 0.6) is 0 Å². The van der Waals surface area contributed by atoms with Crippen LogP contribution >= 0.6 is 0 Å². The summed E-state index contributed by atoms with van der Waals surface area (Å²) in [6.45, 7) is 12.5. The Labute approximate surface area is 100 Å². The van der Waals surface area contributed by atoms with Gasteiger partial charge >= 0.3 is 0 Å². The van der Waals surface area contributed by atoms with Crippen molar-refractivity contribution in [3.63, 3.8) is 0 Å². The molecule has 94 valence electrons. The molecule has 0 saturated heterocycles. The van der Waals surface area contributed by atoms with E-state index in [2.05, 4.69) is 40.1 Å². The van der Waals surface area contributed by atoms with E-state index in [9.17, 15) is 0 Å². The molecule has 0 aromatic rings. The molecule has 0 radical (unpaired) electrons. The summed E-state index contributed by atoms with van der Waals surface area (Å²) >= 11 is 0. The smallest absolute Gasteiger partial charge is 0.0705 e. The Morgan fingerprint density at radius 3 is 2.44 bits per heavy atom. The highest BCUT2D eigenvalue weighted by atomic mass is 16.6. The minimum absolute atomic E-state index is 0.425. The summed E-state index contributed by atoms with van der Waals surface area (Å²) in [7, 11) is 0. The van der Waals surface area contributed by atoms with E-state index in [0.717, 1.165) is 12.5 Å². The third kappa shape index (κ3) is 1.70. The van der Waals surface area contributed by atoms with Crippen LogP contribution in [0.1, 0.15) is 53.9 Å². The molecule has 3 atom stereocenters. The van der Waals surface area contributed by atoms with E-state index in [1.807, 2.05) is 0 Å². The van der Waals surface area contributed by atoms with Crippen LogP contribution in [0.15, 0.2) is 0 Å². The standard InChI is InChI=1S/C14H27NO/c1-10(2)9-16-15-12-8-11-6-7-14(12,5)13(11,3)4/h10-12,15H,6-9H2,1-5H3. The molecule has 2 saturated carbocycles. The number of nitrogens with one attached hydrogen (secondary N) is 1. The lowest BCUT2D eigenvalue weighted by molar-refractivity contribution is -0.0378. The van der Waals surface area contributed by atoms with Gasteiger partial charge in [-0.15, -0.1) is 0 Å². The highest BCUT2D eigenvalue weighted by Crippen LogP contribution is 2.65. The molecule has 2 rings (SSSR count). The minimum atomic E-state index is 0.425. The van der Waals surface area contributed by atoms with Gasteiger partial charge in [0.05, 0.1) is 6.61 Å². The first-order valence-electron chi connectivity index (χ1n) is 6.75. The number of fused-ring (bicyclic) bond motifs is 2. The van der Waals surface area contributed by atoms with Crippen LogP contribution in [-0.2, 0) is 4.84 Å². The summed E-state index contributed by atoms with van der Waals surface area (Å²) in [5.41, 5.74) is 4.24. The Morgan fingerprint density at radius 2 is 2.00 bits per heavy atom. The fraction of sp³-hybridized carbons (Fsp3) is 1.00. The van der Waals surface area contributed by atoms with E-state index in [4.69, 9.17) is 4.84 Å². The normalized spacial score (nSPS) is 40.9. The van der Waals surface area contributed by atoms with Gasteiger partial charge < -0.3 is 4.84 Å². The maximum absolute atomic E-state index is 5.64. The Kier molecular flexibility index (Phi) is 3.09. The zero-order valence-corrected chi connectivity index (χ0v) is 11.5. The molecule has 0 spiro atoms. The van der Waals surface area contributed by atoms with Gasteiger partial charge in [0.15, 0.2) is 0 Å². The predicted octanol–water partition coefficient (Wildman–Crippen LogP) is 3.38. The van der Waals surface area contributed by atoms with Crippen molar-refractivity contribution in [2.24, 2.45) is 22.7 Å². The van der Waals surface area contributed by atoms with Crippen LogP contribution < -0.4 is 5.48 Å². The molecule has 2 bridgehead atoms. The van der Waals surface area contributed by atoms with E-state index in [1.165, 1.54) is 19.3 Å². The van der Waals surface area contributed by atoms with Crippen molar-refractivity contribution in [2.45, 2.75) is 59.9 Å². The monoisotopic (exact) mass is 225 g/mol. The quantitative estimate of drug-likeness (QED) is 0.741. The minimum Gasteiger partial charge on any atom is -0.301 e. The van der Waals surface area contributed by atoms with Crippen molar-refractivity contribution < 1.29 is 4.84 Å². The fourth-order valence-corrected chi connectivity index (χ4v) is 3.70. The van der Waals surface area contributed by atoms with Gasteiger partial charge in [-0.05, 0) is 41.9 Å². The van der Waals surface area contributed by atoms with Crippen LogP contribution in [0.2, 0.25) is 0 Å². The van der Waals surface area contributed by atoms with Gasteiger partial charge in [-0.2, -0.15) is 5.48 Å². The molecule has 0 aromatic heterocycles. The van der Waals surface area contributed by atoms with Gasteiger partial charge in [-0.25, -0.2) is 0 Å². The SMILES string of the molecule is CC(C)CONC1CC2CCC1(C)C2(C)C. The Bertz CT molecular complexity index is 261. The van der Waals surface area contributed by atoms with Crippen molar-refractivity contribution in [3.8, 4) is 0 Å². The van der Waals surface area contributed by atoms with Crippen molar-refractivity contribution in [1.82, 2.24) is 5.48 Å². The van der Waals surface area contributed by atoms with E-state index in [0.29, 0.717) is 22.8 Å². The molecule has 0 aromatic carbocycles. The van der Waals surface area contributed by atoms with Crippen LogP contribution in [-0.4, -0.2) is 12.6 Å². The maximum Gasteiger partial charge on any atom is 0.0705 e. The van der Waals surface area contributed by atoms with Crippen LogP contribution in [0.3, 0.4) is 0 Å². The zero-order chi connectivity index (χ0) is 12.0. The van der Waals surface area contributed by atoms with Gasteiger partial charge in [-0.3, -0.25) is 0 Å². The third-order valence-corrected chi connectivity index (χ3v) is 5.44. The van der Waals surface area contributed by atoms with Crippen molar-refractivity contribution in [2.75, 3.05) is 6.61 Å². The van der Waals surface area contributed by atoms with E-state index < -0.39 is 0 Å². The lowest BCUT2D eigenvalue weighted by Crippen LogP contribution is -2.44. The molecule has 3 unspecified atom stereocenters. The first-order chi connectivity index (χ1) is 7.38. The summed E-state index contributed by atoms with van der Waals surface area (Å²) in [6.07, 6.45) is 4.06. The Hall–Kier alpha value is -0.0800. The van der Waals surface area contributed by atoms with Gasteiger partial charge in [0, 0.05) is 6.04 Å². The molecule has 2 fully saturated rings. The largest absolute Gasteiger partial charge is 0.301 e. The topological polar surface area (TPSA) is 21.3 Å². The molecular formula is C14H27NO. The highest BCUT2D eigenvalue weighted by Gasteiger charge is 2.61. The fourth-order valence-electron chi connectivity index (χ4n) is 3.70. The second kappa shape index (κ2) is 3.99. The predicted molar refractivity (Wildman–Crippen MR) is 66.9 cm³/mol. The molecule has 0 heterocycles. The molecule has 2 nitrogen and oxygen atoms in total. The summed E-state index contributed by atoms with van der Waals surface area (Å²) in [6, 6.07) is 0.556. The first-order valence-corrected chi connectivity index (χ1v) is 6.75. The Balaban J connectivity index is 1.94. The second-order valence-electron chi connectivity index (χ2n) is 6.99. The molecule has 0 aliphatic heterocycles. The summed E-state index contributed by atoms with van der Waals surface area (Å²) in [5, 5.41) is 0. The number of hydrogen-bond acceptors (Lipinski definition) is 2. The van der Waals surface area contributed by atoms with Gasteiger partial charge in [0.2, 0.25) is 0 Å². The summed E-state index contributed by atoms with van der Waals surface area (Å²) in [4.78, 5) is 5.64. The van der Waals surface area contributed by atoms with Crippen molar-refractivity contribution >= 4 is 0 Å². The molecule has 2 heteroatoms. The Morgan fingerprint density at radius 1 is 1.31 bits per heavy atom. The van der Waals surface area contributed by atoms with Gasteiger partial charge in [0.25, 0.3) is 0 Å². The first kappa shape index (κ1) is 12.4. The molecule has 2 aliphatic carbocycles. The van der Waals surface area contributed by atoms with Crippen molar-refractivity contribution in [1.29, 1.82) is 0 Å². The lowest BCUT2D eigenvalue weighted by atomic mass is 9.69.